The van der Waals surface area contributed by atoms with Crippen LogP contribution in [-0.2, 0) is 21.8 Å². The minimum atomic E-state index is -3.58. The van der Waals surface area contributed by atoms with E-state index in [2.05, 4.69) is 5.10 Å². The van der Waals surface area contributed by atoms with Gasteiger partial charge in [0.15, 0.2) is 5.82 Å². The number of hydrogen-bond acceptors (Lipinski definition) is 5. The van der Waals surface area contributed by atoms with Gasteiger partial charge < -0.3 is 10.5 Å². The van der Waals surface area contributed by atoms with E-state index in [1.807, 2.05) is 6.92 Å². The van der Waals surface area contributed by atoms with Crippen LogP contribution in [-0.4, -0.2) is 48.3 Å². The van der Waals surface area contributed by atoms with Gasteiger partial charge >= 0.3 is 0 Å². The molecule has 2 N–H and O–H groups in total. The van der Waals surface area contributed by atoms with Crippen molar-refractivity contribution in [2.24, 2.45) is 7.05 Å². The van der Waals surface area contributed by atoms with Gasteiger partial charge in [-0.25, -0.2) is 8.42 Å². The third-order valence-corrected chi connectivity index (χ3v) is 4.74. The number of sulfonamides is 1. The lowest BCUT2D eigenvalue weighted by Crippen LogP contribution is -2.36. The highest BCUT2D eigenvalue weighted by atomic mass is 32.2. The second kappa shape index (κ2) is 4.87. The van der Waals surface area contributed by atoms with E-state index in [1.54, 1.807) is 7.05 Å². The SMILES string of the molecule is CC1CN(S(=O)(=O)c2cn(C)nc2N)CCCO1. The van der Waals surface area contributed by atoms with Gasteiger partial charge in [-0.05, 0) is 13.3 Å². The topological polar surface area (TPSA) is 90.5 Å². The summed E-state index contributed by atoms with van der Waals surface area (Å²) in [4.78, 5) is 0.0686. The molecule has 1 fully saturated rings. The van der Waals surface area contributed by atoms with Crippen LogP contribution in [0.5, 0.6) is 0 Å². The minimum Gasteiger partial charge on any atom is -0.381 e. The monoisotopic (exact) mass is 274 g/mol. The molecule has 18 heavy (non-hydrogen) atoms. The lowest BCUT2D eigenvalue weighted by atomic mass is 10.4. The molecule has 102 valence electrons. The van der Waals surface area contributed by atoms with Gasteiger partial charge in [0.2, 0.25) is 10.0 Å². The number of ether oxygens (including phenoxy) is 1. The number of nitrogen functional groups attached to an aromatic ring is 1. The predicted molar refractivity (Wildman–Crippen MR) is 66.4 cm³/mol. The van der Waals surface area contributed by atoms with Crippen molar-refractivity contribution < 1.29 is 13.2 Å². The number of nitrogens with two attached hydrogens (primary N) is 1. The Morgan fingerprint density at radius 1 is 1.56 bits per heavy atom. The Bertz CT molecular complexity index is 525. The molecule has 8 heteroatoms. The van der Waals surface area contributed by atoms with Gasteiger partial charge in [0.1, 0.15) is 4.90 Å². The van der Waals surface area contributed by atoms with E-state index in [-0.39, 0.29) is 16.8 Å². The second-order valence-corrected chi connectivity index (χ2v) is 6.36. The third kappa shape index (κ3) is 2.50. The van der Waals surface area contributed by atoms with Crippen molar-refractivity contribution >= 4 is 15.8 Å². The Hall–Kier alpha value is -1.12. The zero-order valence-corrected chi connectivity index (χ0v) is 11.4. The molecule has 1 aliphatic heterocycles. The van der Waals surface area contributed by atoms with Crippen LogP contribution in [0, 0.1) is 0 Å². The maximum atomic E-state index is 12.5. The molecule has 1 unspecified atom stereocenters. The summed E-state index contributed by atoms with van der Waals surface area (Å²) in [5, 5.41) is 3.87. The van der Waals surface area contributed by atoms with Crippen molar-refractivity contribution in [3.05, 3.63) is 6.20 Å². The summed E-state index contributed by atoms with van der Waals surface area (Å²) in [6, 6.07) is 0. The van der Waals surface area contributed by atoms with Crippen LogP contribution in [0.1, 0.15) is 13.3 Å². The molecular weight excluding hydrogens is 256 g/mol. The number of hydrogen-bond donors (Lipinski definition) is 1. The van der Waals surface area contributed by atoms with E-state index in [0.717, 1.165) is 0 Å². The van der Waals surface area contributed by atoms with E-state index < -0.39 is 10.0 Å². The quantitative estimate of drug-likeness (QED) is 0.806. The minimum absolute atomic E-state index is 0.0373. The molecule has 1 aromatic rings. The first-order chi connectivity index (χ1) is 8.41. The first-order valence-corrected chi connectivity index (χ1v) is 7.26. The summed E-state index contributed by atoms with van der Waals surface area (Å²) in [6.07, 6.45) is 2.00. The maximum absolute atomic E-state index is 12.5. The van der Waals surface area contributed by atoms with Crippen LogP contribution in [0.4, 0.5) is 5.82 Å². The van der Waals surface area contributed by atoms with Gasteiger partial charge in [-0.2, -0.15) is 9.40 Å². The Balaban J connectivity index is 2.32. The first-order valence-electron chi connectivity index (χ1n) is 5.82. The van der Waals surface area contributed by atoms with Crippen molar-refractivity contribution in [2.75, 3.05) is 25.4 Å². The van der Waals surface area contributed by atoms with Crippen molar-refractivity contribution in [1.29, 1.82) is 0 Å². The van der Waals surface area contributed by atoms with E-state index in [0.29, 0.717) is 26.1 Å². The van der Waals surface area contributed by atoms with Gasteiger partial charge in [-0.3, -0.25) is 4.68 Å². The predicted octanol–water partition coefficient (Wildman–Crippen LogP) is -0.198. The number of aromatic nitrogens is 2. The van der Waals surface area contributed by atoms with Crippen LogP contribution < -0.4 is 5.73 Å². The fourth-order valence-electron chi connectivity index (χ4n) is 2.00. The number of rotatable bonds is 2. The number of anilines is 1. The first kappa shape index (κ1) is 13.3. The lowest BCUT2D eigenvalue weighted by molar-refractivity contribution is 0.0752. The molecule has 0 saturated carbocycles. The number of nitrogens with zero attached hydrogens (tertiary/aromatic N) is 3. The van der Waals surface area contributed by atoms with Gasteiger partial charge in [-0.1, -0.05) is 0 Å². The Morgan fingerprint density at radius 2 is 2.28 bits per heavy atom. The second-order valence-electron chi connectivity index (χ2n) is 4.45. The standard InChI is InChI=1S/C10H18N4O3S/c1-8-6-14(4-3-5-17-8)18(15,16)9-7-13(2)12-10(9)11/h7-8H,3-6H2,1-2H3,(H2,11,12). The van der Waals surface area contributed by atoms with E-state index in [4.69, 9.17) is 10.5 Å². The highest BCUT2D eigenvalue weighted by Crippen LogP contribution is 2.22. The Labute approximate surface area is 107 Å². The van der Waals surface area contributed by atoms with Crippen LogP contribution >= 0.6 is 0 Å². The molecule has 0 spiro atoms. The van der Waals surface area contributed by atoms with Crippen LogP contribution in [0.15, 0.2) is 11.1 Å². The molecule has 2 rings (SSSR count). The highest BCUT2D eigenvalue weighted by molar-refractivity contribution is 7.89. The average molecular weight is 274 g/mol. The molecule has 0 aromatic carbocycles. The largest absolute Gasteiger partial charge is 0.381 e. The molecule has 0 bridgehead atoms. The molecule has 2 heterocycles. The van der Waals surface area contributed by atoms with Crippen molar-refractivity contribution in [1.82, 2.24) is 14.1 Å². The molecule has 0 amide bonds. The number of aryl methyl sites for hydroxylation is 1. The van der Waals surface area contributed by atoms with Crippen LogP contribution in [0.25, 0.3) is 0 Å². The lowest BCUT2D eigenvalue weighted by Gasteiger charge is -2.20. The Morgan fingerprint density at radius 3 is 2.89 bits per heavy atom. The van der Waals surface area contributed by atoms with Gasteiger partial charge in [0.25, 0.3) is 0 Å². The summed E-state index contributed by atoms with van der Waals surface area (Å²) in [5.74, 6) is 0.0373. The molecule has 0 aliphatic carbocycles. The van der Waals surface area contributed by atoms with Crippen molar-refractivity contribution in [2.45, 2.75) is 24.3 Å². The van der Waals surface area contributed by atoms with E-state index in [1.165, 1.54) is 15.2 Å². The van der Waals surface area contributed by atoms with Crippen LogP contribution in [0.2, 0.25) is 0 Å². The summed E-state index contributed by atoms with van der Waals surface area (Å²) < 4.78 is 33.2. The third-order valence-electron chi connectivity index (χ3n) is 2.85. The molecule has 1 aliphatic rings. The summed E-state index contributed by atoms with van der Waals surface area (Å²) in [5.41, 5.74) is 5.64. The molecule has 1 atom stereocenters. The fraction of sp³-hybridized carbons (Fsp3) is 0.700. The van der Waals surface area contributed by atoms with Gasteiger partial charge in [-0.15, -0.1) is 0 Å². The zero-order chi connectivity index (χ0) is 13.3. The van der Waals surface area contributed by atoms with E-state index >= 15 is 0 Å². The summed E-state index contributed by atoms with van der Waals surface area (Å²) in [6.45, 7) is 3.23. The summed E-state index contributed by atoms with van der Waals surface area (Å²) in [7, 11) is -1.94. The molecule has 1 saturated heterocycles. The molecular formula is C10H18N4O3S. The maximum Gasteiger partial charge on any atom is 0.248 e. The fourth-order valence-corrected chi connectivity index (χ4v) is 3.64. The highest BCUT2D eigenvalue weighted by Gasteiger charge is 2.30. The normalized spacial score (nSPS) is 22.9. The summed E-state index contributed by atoms with van der Waals surface area (Å²) >= 11 is 0. The van der Waals surface area contributed by atoms with Gasteiger partial charge in [0, 0.05) is 32.9 Å². The average Bonchev–Trinajstić information content (AvgIpc) is 2.50. The Kier molecular flexibility index (Phi) is 3.60. The molecule has 7 nitrogen and oxygen atoms in total. The molecule has 1 aromatic heterocycles. The van der Waals surface area contributed by atoms with E-state index in [9.17, 15) is 8.42 Å². The van der Waals surface area contributed by atoms with Gasteiger partial charge in [0.05, 0.1) is 6.10 Å². The zero-order valence-electron chi connectivity index (χ0n) is 10.5. The smallest absolute Gasteiger partial charge is 0.248 e. The molecule has 0 radical (unpaired) electrons. The van der Waals surface area contributed by atoms with Crippen LogP contribution in [0.3, 0.4) is 0 Å². The van der Waals surface area contributed by atoms with Crippen molar-refractivity contribution in [3.63, 3.8) is 0 Å². The van der Waals surface area contributed by atoms with Crippen molar-refractivity contribution in [3.8, 4) is 0 Å².